The molecule has 1 saturated carbocycles. The second kappa shape index (κ2) is 4.28. The highest BCUT2D eigenvalue weighted by Gasteiger charge is 2.37. The van der Waals surface area contributed by atoms with E-state index in [1.807, 2.05) is 0 Å². The Kier molecular flexibility index (Phi) is 3.30. The summed E-state index contributed by atoms with van der Waals surface area (Å²) in [5.41, 5.74) is 0.388. The third kappa shape index (κ3) is 3.19. The molecule has 2 fully saturated rings. The number of hydrogen-bond acceptors (Lipinski definition) is 3. The van der Waals surface area contributed by atoms with Gasteiger partial charge in [-0.15, -0.1) is 0 Å². The Bertz CT molecular complexity index is 237. The van der Waals surface area contributed by atoms with Gasteiger partial charge in [0.2, 0.25) is 0 Å². The maximum Gasteiger partial charge on any atom is 0.0612 e. The van der Waals surface area contributed by atoms with Crippen molar-refractivity contribution in [2.24, 2.45) is 5.41 Å². The average molecular weight is 227 g/mol. The maximum atomic E-state index is 5.91. The summed E-state index contributed by atoms with van der Waals surface area (Å²) in [7, 11) is 0. The van der Waals surface area contributed by atoms with Gasteiger partial charge in [-0.25, -0.2) is 0 Å². The smallest absolute Gasteiger partial charge is 0.0612 e. The van der Waals surface area contributed by atoms with Crippen molar-refractivity contribution < 1.29 is 9.47 Å². The van der Waals surface area contributed by atoms with Gasteiger partial charge in [0.05, 0.1) is 24.9 Å². The van der Waals surface area contributed by atoms with Crippen molar-refractivity contribution in [3.05, 3.63) is 0 Å². The molecule has 0 spiro atoms. The van der Waals surface area contributed by atoms with Crippen molar-refractivity contribution in [3.8, 4) is 0 Å². The van der Waals surface area contributed by atoms with E-state index in [9.17, 15) is 0 Å². The zero-order chi connectivity index (χ0) is 11.8. The zero-order valence-electron chi connectivity index (χ0n) is 11.0. The van der Waals surface area contributed by atoms with E-state index in [0.29, 0.717) is 17.6 Å². The lowest BCUT2D eigenvalue weighted by molar-refractivity contribution is -0.116. The summed E-state index contributed by atoms with van der Waals surface area (Å²) < 4.78 is 11.2. The molecule has 1 aliphatic heterocycles. The fraction of sp³-hybridized carbons (Fsp3) is 1.00. The lowest BCUT2D eigenvalue weighted by Crippen LogP contribution is -2.54. The van der Waals surface area contributed by atoms with Crippen LogP contribution >= 0.6 is 0 Å². The Morgan fingerprint density at radius 2 is 1.94 bits per heavy atom. The molecule has 2 aliphatic rings. The summed E-state index contributed by atoms with van der Waals surface area (Å²) in [6, 6.07) is 0.657. The molecule has 1 aliphatic carbocycles. The van der Waals surface area contributed by atoms with Crippen LogP contribution < -0.4 is 5.32 Å². The summed E-state index contributed by atoms with van der Waals surface area (Å²) in [6.45, 7) is 11.6. The lowest BCUT2D eigenvalue weighted by Gasteiger charge is -2.43. The van der Waals surface area contributed by atoms with E-state index in [-0.39, 0.29) is 5.60 Å². The number of nitrogens with one attached hydrogen (secondary N) is 1. The van der Waals surface area contributed by atoms with Crippen LogP contribution in [-0.4, -0.2) is 37.5 Å². The van der Waals surface area contributed by atoms with Gasteiger partial charge in [-0.2, -0.15) is 0 Å². The third-order valence-electron chi connectivity index (χ3n) is 3.33. The van der Waals surface area contributed by atoms with Gasteiger partial charge >= 0.3 is 0 Å². The molecule has 1 saturated heterocycles. The molecular formula is C13H25NO2. The molecule has 1 heterocycles. The molecule has 0 aromatic carbocycles. The largest absolute Gasteiger partial charge is 0.380 e. The fourth-order valence-corrected chi connectivity index (χ4v) is 2.27. The van der Waals surface area contributed by atoms with Crippen molar-refractivity contribution in [1.82, 2.24) is 5.32 Å². The second-order valence-electron chi connectivity index (χ2n) is 6.70. The first-order valence-electron chi connectivity index (χ1n) is 6.35. The minimum absolute atomic E-state index is 0.00340. The van der Waals surface area contributed by atoms with E-state index < -0.39 is 0 Å². The van der Waals surface area contributed by atoms with E-state index >= 15 is 0 Å². The number of ether oxygens (including phenoxy) is 2. The molecule has 16 heavy (non-hydrogen) atoms. The highest BCUT2D eigenvalue weighted by Crippen LogP contribution is 2.30. The molecule has 1 N–H and O–H groups in total. The number of hydrogen-bond donors (Lipinski definition) is 1. The van der Waals surface area contributed by atoms with Crippen LogP contribution in [0.3, 0.4) is 0 Å². The van der Waals surface area contributed by atoms with E-state index in [1.165, 1.54) is 0 Å². The van der Waals surface area contributed by atoms with Gasteiger partial charge in [0.15, 0.2) is 0 Å². The van der Waals surface area contributed by atoms with Gasteiger partial charge in [-0.05, 0) is 33.6 Å². The van der Waals surface area contributed by atoms with Gasteiger partial charge in [-0.1, -0.05) is 6.92 Å². The van der Waals surface area contributed by atoms with Crippen molar-refractivity contribution >= 4 is 0 Å². The molecule has 0 aromatic heterocycles. The standard InChI is InChI=1S/C13H25NO2/c1-12(2,3)16-11-5-10(6-11)14-7-13(4)8-15-9-13/h10-11,14H,5-9H2,1-4H3. The Balaban J connectivity index is 1.58. The van der Waals surface area contributed by atoms with Gasteiger partial charge in [-0.3, -0.25) is 0 Å². The minimum Gasteiger partial charge on any atom is -0.380 e. The first-order valence-corrected chi connectivity index (χ1v) is 6.35. The third-order valence-corrected chi connectivity index (χ3v) is 3.33. The molecular weight excluding hydrogens is 202 g/mol. The van der Waals surface area contributed by atoms with Gasteiger partial charge < -0.3 is 14.8 Å². The molecule has 0 unspecified atom stereocenters. The Hall–Kier alpha value is -0.120. The quantitative estimate of drug-likeness (QED) is 0.796. The summed E-state index contributed by atoms with van der Waals surface area (Å²) in [5.74, 6) is 0. The number of rotatable bonds is 4. The monoisotopic (exact) mass is 227 g/mol. The van der Waals surface area contributed by atoms with Crippen molar-refractivity contribution in [2.45, 2.75) is 58.3 Å². The van der Waals surface area contributed by atoms with Crippen LogP contribution in [0.1, 0.15) is 40.5 Å². The Morgan fingerprint density at radius 1 is 1.31 bits per heavy atom. The molecule has 0 radical (unpaired) electrons. The SMILES string of the molecule is CC1(CNC2CC(OC(C)(C)C)C2)COC1. The van der Waals surface area contributed by atoms with Gasteiger partial charge in [0.1, 0.15) is 0 Å². The van der Waals surface area contributed by atoms with Gasteiger partial charge in [0, 0.05) is 18.0 Å². The second-order valence-corrected chi connectivity index (χ2v) is 6.70. The van der Waals surface area contributed by atoms with Crippen LogP contribution in [0.4, 0.5) is 0 Å². The van der Waals surface area contributed by atoms with Gasteiger partial charge in [0.25, 0.3) is 0 Å². The van der Waals surface area contributed by atoms with Crippen LogP contribution in [0.5, 0.6) is 0 Å². The molecule has 0 atom stereocenters. The first kappa shape index (κ1) is 12.3. The predicted molar refractivity (Wildman–Crippen MR) is 64.6 cm³/mol. The maximum absolute atomic E-state index is 5.91. The molecule has 2 rings (SSSR count). The first-order chi connectivity index (χ1) is 7.36. The van der Waals surface area contributed by atoms with E-state index in [4.69, 9.17) is 9.47 Å². The van der Waals surface area contributed by atoms with Crippen LogP contribution in [0.25, 0.3) is 0 Å². The summed E-state index contributed by atoms with van der Waals surface area (Å²) in [4.78, 5) is 0. The summed E-state index contributed by atoms with van der Waals surface area (Å²) in [5, 5.41) is 3.62. The molecule has 3 heteroatoms. The van der Waals surface area contributed by atoms with Crippen molar-refractivity contribution in [2.75, 3.05) is 19.8 Å². The fourth-order valence-electron chi connectivity index (χ4n) is 2.27. The van der Waals surface area contributed by atoms with E-state index in [1.54, 1.807) is 0 Å². The van der Waals surface area contributed by atoms with Crippen LogP contribution in [0.15, 0.2) is 0 Å². The predicted octanol–water partition coefficient (Wildman–Crippen LogP) is 1.96. The highest BCUT2D eigenvalue weighted by atomic mass is 16.5. The molecule has 0 bridgehead atoms. The van der Waals surface area contributed by atoms with Crippen LogP contribution in [-0.2, 0) is 9.47 Å². The average Bonchev–Trinajstić information content (AvgIpc) is 2.03. The normalized spacial score (nSPS) is 33.0. The summed E-state index contributed by atoms with van der Waals surface area (Å²) in [6.07, 6.45) is 2.78. The molecule has 0 amide bonds. The molecule has 0 aromatic rings. The van der Waals surface area contributed by atoms with E-state index in [0.717, 1.165) is 32.6 Å². The lowest BCUT2D eigenvalue weighted by atomic mass is 9.85. The molecule has 94 valence electrons. The summed E-state index contributed by atoms with van der Waals surface area (Å²) >= 11 is 0. The highest BCUT2D eigenvalue weighted by molar-refractivity contribution is 4.91. The topological polar surface area (TPSA) is 30.5 Å². The Labute approximate surface area is 98.9 Å². The van der Waals surface area contributed by atoms with E-state index in [2.05, 4.69) is 33.0 Å². The minimum atomic E-state index is 0.00340. The zero-order valence-corrected chi connectivity index (χ0v) is 11.0. The van der Waals surface area contributed by atoms with Crippen molar-refractivity contribution in [1.29, 1.82) is 0 Å². The molecule has 3 nitrogen and oxygen atoms in total. The van der Waals surface area contributed by atoms with Crippen LogP contribution in [0.2, 0.25) is 0 Å². The van der Waals surface area contributed by atoms with Crippen LogP contribution in [0, 0.1) is 5.41 Å². The van der Waals surface area contributed by atoms with Crippen molar-refractivity contribution in [3.63, 3.8) is 0 Å². The Morgan fingerprint density at radius 3 is 2.38 bits per heavy atom.